The Balaban J connectivity index is 1.63. The lowest BCUT2D eigenvalue weighted by molar-refractivity contribution is 0.750. The van der Waals surface area contributed by atoms with Crippen LogP contribution in [0.25, 0.3) is 0 Å². The van der Waals surface area contributed by atoms with Crippen LogP contribution in [0.3, 0.4) is 0 Å². The minimum atomic E-state index is 0.439. The zero-order chi connectivity index (χ0) is 18.5. The van der Waals surface area contributed by atoms with E-state index in [1.54, 1.807) is 6.33 Å². The van der Waals surface area contributed by atoms with Crippen LogP contribution in [0.5, 0.6) is 0 Å². The summed E-state index contributed by atoms with van der Waals surface area (Å²) in [5.74, 6) is 1.28. The summed E-state index contributed by atoms with van der Waals surface area (Å²) < 4.78 is 0. The molecule has 0 spiro atoms. The summed E-state index contributed by atoms with van der Waals surface area (Å²) in [6, 6.07) is 20.6. The Morgan fingerprint density at radius 3 is 1.96 bits per heavy atom. The first-order chi connectivity index (χ1) is 13.3. The number of nitrogens with two attached hydrogens (primary N) is 1. The van der Waals surface area contributed by atoms with Crippen molar-refractivity contribution in [3.8, 4) is 0 Å². The average molecular weight is 360 g/mol. The highest BCUT2D eigenvalue weighted by molar-refractivity contribution is 5.78. The maximum atomic E-state index is 6.39. The van der Waals surface area contributed by atoms with Gasteiger partial charge in [-0.05, 0) is 37.1 Å². The molecule has 3 aromatic rings. The van der Waals surface area contributed by atoms with Crippen LogP contribution in [-0.2, 0) is 0 Å². The number of nitrogens with one attached hydrogen (secondary N) is 2. The van der Waals surface area contributed by atoms with Gasteiger partial charge in [0.2, 0.25) is 0 Å². The summed E-state index contributed by atoms with van der Waals surface area (Å²) in [6.07, 6.45) is 6.37. The fraction of sp³-hybridized carbons (Fsp3) is 0.238. The van der Waals surface area contributed by atoms with E-state index in [0.29, 0.717) is 23.4 Å². The van der Waals surface area contributed by atoms with Crippen LogP contribution >= 0.6 is 0 Å². The molecule has 1 aromatic heterocycles. The van der Waals surface area contributed by atoms with Gasteiger partial charge in [0.1, 0.15) is 12.0 Å². The molecule has 27 heavy (non-hydrogen) atoms. The lowest BCUT2D eigenvalue weighted by Gasteiger charge is -2.27. The minimum Gasteiger partial charge on any atom is -0.393 e. The van der Waals surface area contributed by atoms with Gasteiger partial charge in [-0.1, -0.05) is 49.2 Å². The van der Waals surface area contributed by atoms with Gasteiger partial charge in [0.25, 0.3) is 0 Å². The van der Waals surface area contributed by atoms with Crippen LogP contribution in [0, 0.1) is 0 Å². The fourth-order valence-electron chi connectivity index (χ4n) is 3.40. The highest BCUT2D eigenvalue weighted by Gasteiger charge is 2.19. The van der Waals surface area contributed by atoms with Gasteiger partial charge in [-0.3, -0.25) is 10.4 Å². The van der Waals surface area contributed by atoms with Crippen molar-refractivity contribution < 1.29 is 0 Å². The van der Waals surface area contributed by atoms with Crippen molar-refractivity contribution in [3.05, 3.63) is 67.0 Å². The van der Waals surface area contributed by atoms with Crippen molar-refractivity contribution in [3.63, 3.8) is 0 Å². The summed E-state index contributed by atoms with van der Waals surface area (Å²) in [5, 5.41) is 5.44. The third-order valence-corrected chi connectivity index (χ3v) is 4.83. The Hall–Kier alpha value is -3.28. The molecule has 2 aromatic carbocycles. The van der Waals surface area contributed by atoms with E-state index in [0.717, 1.165) is 24.2 Å². The molecule has 6 heteroatoms. The number of nitrogen functional groups attached to an aromatic ring is 1. The van der Waals surface area contributed by atoms with E-state index >= 15 is 0 Å². The van der Waals surface area contributed by atoms with Crippen LogP contribution in [0.2, 0.25) is 0 Å². The second-order valence-corrected chi connectivity index (χ2v) is 6.73. The van der Waals surface area contributed by atoms with Gasteiger partial charge >= 0.3 is 0 Å². The van der Waals surface area contributed by atoms with E-state index in [4.69, 9.17) is 5.73 Å². The number of anilines is 5. The van der Waals surface area contributed by atoms with Crippen molar-refractivity contribution in [2.24, 2.45) is 0 Å². The SMILES string of the molecule is Nc1c(NC2CCCC2)ncnc1NN(c1ccccc1)c1ccccc1. The molecule has 1 aliphatic rings. The molecule has 138 valence electrons. The predicted octanol–water partition coefficient (Wildman–Crippen LogP) is 4.58. The van der Waals surface area contributed by atoms with Gasteiger partial charge in [0.05, 0.1) is 11.4 Å². The monoisotopic (exact) mass is 360 g/mol. The zero-order valence-corrected chi connectivity index (χ0v) is 15.2. The van der Waals surface area contributed by atoms with Crippen LogP contribution in [0.4, 0.5) is 28.7 Å². The van der Waals surface area contributed by atoms with Gasteiger partial charge in [-0.25, -0.2) is 9.97 Å². The third kappa shape index (κ3) is 3.95. The molecule has 0 radical (unpaired) electrons. The molecule has 1 heterocycles. The zero-order valence-electron chi connectivity index (χ0n) is 15.2. The highest BCUT2D eigenvalue weighted by atomic mass is 15.5. The van der Waals surface area contributed by atoms with Gasteiger partial charge in [0.15, 0.2) is 11.6 Å². The molecule has 0 aliphatic heterocycles. The van der Waals surface area contributed by atoms with Crippen LogP contribution in [0.1, 0.15) is 25.7 Å². The Morgan fingerprint density at radius 2 is 1.37 bits per heavy atom. The van der Waals surface area contributed by atoms with Crippen molar-refractivity contribution >= 4 is 28.7 Å². The normalized spacial score (nSPS) is 14.1. The Bertz CT molecular complexity index is 823. The highest BCUT2D eigenvalue weighted by Crippen LogP contribution is 2.31. The summed E-state index contributed by atoms with van der Waals surface area (Å²) in [5.41, 5.74) is 12.3. The predicted molar refractivity (Wildman–Crippen MR) is 111 cm³/mol. The minimum absolute atomic E-state index is 0.439. The van der Waals surface area contributed by atoms with E-state index in [1.165, 1.54) is 12.8 Å². The first-order valence-electron chi connectivity index (χ1n) is 9.35. The Kier molecular flexibility index (Phi) is 5.05. The smallest absolute Gasteiger partial charge is 0.173 e. The second-order valence-electron chi connectivity index (χ2n) is 6.73. The van der Waals surface area contributed by atoms with E-state index in [9.17, 15) is 0 Å². The van der Waals surface area contributed by atoms with Crippen LogP contribution in [-0.4, -0.2) is 16.0 Å². The standard InChI is InChI=1S/C21H24N6/c22-19-20(25-16-9-7-8-10-16)23-15-24-21(19)26-27(17-11-3-1-4-12-17)18-13-5-2-6-14-18/h1-6,11-16H,7-10,22H2,(H2,23,24,25,26). The molecule has 0 bridgehead atoms. The number of para-hydroxylation sites is 2. The van der Waals surface area contributed by atoms with Gasteiger partial charge in [-0.2, -0.15) is 0 Å². The number of hydrogen-bond acceptors (Lipinski definition) is 6. The summed E-state index contributed by atoms with van der Waals surface area (Å²) >= 11 is 0. The summed E-state index contributed by atoms with van der Waals surface area (Å²) in [7, 11) is 0. The number of aromatic nitrogens is 2. The molecule has 1 aliphatic carbocycles. The second kappa shape index (κ2) is 7.95. The van der Waals surface area contributed by atoms with E-state index in [1.807, 2.05) is 65.7 Å². The number of benzene rings is 2. The van der Waals surface area contributed by atoms with E-state index < -0.39 is 0 Å². The lowest BCUT2D eigenvalue weighted by Crippen LogP contribution is -2.26. The molecule has 0 saturated heterocycles. The topological polar surface area (TPSA) is 79.1 Å². The average Bonchev–Trinajstić information content (AvgIpc) is 3.23. The molecular weight excluding hydrogens is 336 g/mol. The maximum absolute atomic E-state index is 6.39. The molecule has 1 saturated carbocycles. The molecule has 4 N–H and O–H groups in total. The quantitative estimate of drug-likeness (QED) is 0.559. The molecule has 0 amide bonds. The van der Waals surface area contributed by atoms with Crippen LogP contribution < -0.4 is 21.5 Å². The molecule has 0 atom stereocenters. The Labute approximate surface area is 159 Å². The lowest BCUT2D eigenvalue weighted by atomic mass is 10.2. The number of hydrogen-bond donors (Lipinski definition) is 3. The van der Waals surface area contributed by atoms with E-state index in [-0.39, 0.29) is 0 Å². The molecule has 4 rings (SSSR count). The van der Waals surface area contributed by atoms with Crippen molar-refractivity contribution in [2.45, 2.75) is 31.7 Å². The van der Waals surface area contributed by atoms with E-state index in [2.05, 4.69) is 20.7 Å². The molecular formula is C21H24N6. The van der Waals surface area contributed by atoms with Crippen molar-refractivity contribution in [2.75, 3.05) is 21.5 Å². The third-order valence-electron chi connectivity index (χ3n) is 4.83. The van der Waals surface area contributed by atoms with Crippen LogP contribution in [0.15, 0.2) is 67.0 Å². The Morgan fingerprint density at radius 1 is 0.815 bits per heavy atom. The molecule has 6 nitrogen and oxygen atoms in total. The van der Waals surface area contributed by atoms with Gasteiger partial charge in [-0.15, -0.1) is 0 Å². The summed E-state index contributed by atoms with van der Waals surface area (Å²) in [6.45, 7) is 0. The number of rotatable bonds is 6. The molecule has 0 unspecified atom stereocenters. The van der Waals surface area contributed by atoms with Gasteiger partial charge < -0.3 is 11.1 Å². The largest absolute Gasteiger partial charge is 0.393 e. The maximum Gasteiger partial charge on any atom is 0.173 e. The van der Waals surface area contributed by atoms with Gasteiger partial charge in [0, 0.05) is 6.04 Å². The fourth-order valence-corrected chi connectivity index (χ4v) is 3.40. The van der Waals surface area contributed by atoms with Crippen molar-refractivity contribution in [1.82, 2.24) is 9.97 Å². The molecule has 1 fully saturated rings. The summed E-state index contributed by atoms with van der Waals surface area (Å²) in [4.78, 5) is 8.72. The van der Waals surface area contributed by atoms with Crippen molar-refractivity contribution in [1.29, 1.82) is 0 Å². The number of hydrazine groups is 1. The first-order valence-corrected chi connectivity index (χ1v) is 9.35. The number of nitrogens with zero attached hydrogens (tertiary/aromatic N) is 3. The first kappa shape index (κ1) is 17.1.